The largest absolute Gasteiger partial charge is 0.348 e. The lowest BCUT2D eigenvalue weighted by Gasteiger charge is -2.34. The number of amides is 1. The van der Waals surface area contributed by atoms with Crippen LogP contribution in [-0.2, 0) is 4.79 Å². The molecule has 0 spiro atoms. The fraction of sp³-hybridized carbons (Fsp3) is 0.562. The minimum Gasteiger partial charge on any atom is -0.348 e. The van der Waals surface area contributed by atoms with Crippen molar-refractivity contribution in [3.63, 3.8) is 0 Å². The number of nitrogens with one attached hydrogen (secondary N) is 1. The Kier molecular flexibility index (Phi) is 5.15. The second kappa shape index (κ2) is 6.86. The van der Waals surface area contributed by atoms with E-state index >= 15 is 0 Å². The van der Waals surface area contributed by atoms with Crippen molar-refractivity contribution in [1.82, 2.24) is 10.2 Å². The molecule has 0 aliphatic carbocycles. The Hall–Kier alpha value is -1.39. The highest BCUT2D eigenvalue weighted by Crippen LogP contribution is 2.15. The van der Waals surface area contributed by atoms with Crippen molar-refractivity contribution in [2.24, 2.45) is 11.7 Å². The van der Waals surface area contributed by atoms with Crippen molar-refractivity contribution in [3.8, 4) is 0 Å². The van der Waals surface area contributed by atoms with Gasteiger partial charge in [0.15, 0.2) is 0 Å². The van der Waals surface area contributed by atoms with E-state index in [9.17, 15) is 4.79 Å². The molecular weight excluding hydrogens is 250 g/mol. The smallest absolute Gasteiger partial charge is 0.234 e. The molecular formula is C16H25N3O. The van der Waals surface area contributed by atoms with Gasteiger partial charge in [-0.15, -0.1) is 0 Å². The Labute approximate surface area is 121 Å². The van der Waals surface area contributed by atoms with Gasteiger partial charge in [-0.05, 0) is 24.8 Å². The molecule has 1 amide bonds. The van der Waals surface area contributed by atoms with Crippen molar-refractivity contribution in [2.45, 2.75) is 32.4 Å². The maximum atomic E-state index is 12.1. The van der Waals surface area contributed by atoms with Gasteiger partial charge in [-0.25, -0.2) is 0 Å². The van der Waals surface area contributed by atoms with Crippen LogP contribution in [0.3, 0.4) is 0 Å². The van der Waals surface area contributed by atoms with Gasteiger partial charge in [-0.1, -0.05) is 37.3 Å². The van der Waals surface area contributed by atoms with Gasteiger partial charge < -0.3 is 11.1 Å². The van der Waals surface area contributed by atoms with Crippen LogP contribution in [0.2, 0.25) is 0 Å². The molecule has 1 aliphatic rings. The minimum atomic E-state index is 0.0492. The fourth-order valence-electron chi connectivity index (χ4n) is 2.71. The van der Waals surface area contributed by atoms with Gasteiger partial charge in [0.25, 0.3) is 0 Å². The van der Waals surface area contributed by atoms with Crippen molar-refractivity contribution in [1.29, 1.82) is 0 Å². The summed E-state index contributed by atoms with van der Waals surface area (Å²) in [6, 6.07) is 10.4. The highest BCUT2D eigenvalue weighted by atomic mass is 16.2. The summed E-state index contributed by atoms with van der Waals surface area (Å²) < 4.78 is 0. The van der Waals surface area contributed by atoms with Crippen LogP contribution in [0.1, 0.15) is 31.9 Å². The zero-order valence-corrected chi connectivity index (χ0v) is 12.4. The van der Waals surface area contributed by atoms with Crippen LogP contribution in [0, 0.1) is 5.92 Å². The first-order valence-corrected chi connectivity index (χ1v) is 7.38. The molecule has 3 unspecified atom stereocenters. The molecule has 1 heterocycles. The first kappa shape index (κ1) is 15.0. The standard InChI is InChI=1S/C16H25N3O/c1-12-10-19(9-8-15(12)17)11-16(20)18-13(2)14-6-4-3-5-7-14/h3-7,12-13,15H,8-11,17H2,1-2H3,(H,18,20). The number of nitrogens with two attached hydrogens (primary N) is 1. The molecule has 1 aliphatic heterocycles. The summed E-state index contributed by atoms with van der Waals surface area (Å²) >= 11 is 0. The predicted molar refractivity (Wildman–Crippen MR) is 81.2 cm³/mol. The SMILES string of the molecule is CC(NC(=O)CN1CCC(N)C(C)C1)c1ccccc1. The first-order valence-electron chi connectivity index (χ1n) is 7.38. The second-order valence-corrected chi connectivity index (χ2v) is 5.86. The topological polar surface area (TPSA) is 58.4 Å². The molecule has 0 bridgehead atoms. The van der Waals surface area contributed by atoms with Crippen LogP contribution >= 0.6 is 0 Å². The molecule has 20 heavy (non-hydrogen) atoms. The lowest BCUT2D eigenvalue weighted by Crippen LogP contribution is -2.49. The number of hydrogen-bond donors (Lipinski definition) is 2. The van der Waals surface area contributed by atoms with Gasteiger partial charge in [0.05, 0.1) is 12.6 Å². The number of nitrogens with zero attached hydrogens (tertiary/aromatic N) is 1. The molecule has 0 saturated carbocycles. The van der Waals surface area contributed by atoms with Crippen LogP contribution in [0.25, 0.3) is 0 Å². The molecule has 2 rings (SSSR count). The van der Waals surface area contributed by atoms with Crippen molar-refractivity contribution < 1.29 is 4.79 Å². The van der Waals surface area contributed by atoms with Gasteiger partial charge in [0.2, 0.25) is 5.91 Å². The summed E-state index contributed by atoms with van der Waals surface area (Å²) in [5, 5.41) is 3.06. The maximum Gasteiger partial charge on any atom is 0.234 e. The third kappa shape index (κ3) is 4.05. The Morgan fingerprint density at radius 1 is 1.45 bits per heavy atom. The number of hydrogen-bond acceptors (Lipinski definition) is 3. The van der Waals surface area contributed by atoms with Crippen LogP contribution in [0.4, 0.5) is 0 Å². The van der Waals surface area contributed by atoms with E-state index in [1.807, 2.05) is 37.3 Å². The Balaban J connectivity index is 1.81. The van der Waals surface area contributed by atoms with Gasteiger partial charge >= 0.3 is 0 Å². The normalized spacial score (nSPS) is 25.1. The third-order valence-electron chi connectivity index (χ3n) is 4.10. The van der Waals surface area contributed by atoms with E-state index in [4.69, 9.17) is 5.73 Å². The van der Waals surface area contributed by atoms with Crippen LogP contribution in [-0.4, -0.2) is 36.5 Å². The van der Waals surface area contributed by atoms with Crippen molar-refractivity contribution in [2.75, 3.05) is 19.6 Å². The van der Waals surface area contributed by atoms with E-state index in [1.165, 1.54) is 0 Å². The summed E-state index contributed by atoms with van der Waals surface area (Å²) in [5.74, 6) is 0.548. The van der Waals surface area contributed by atoms with Crippen LogP contribution in [0.15, 0.2) is 30.3 Å². The average molecular weight is 275 g/mol. The Morgan fingerprint density at radius 3 is 2.80 bits per heavy atom. The Bertz CT molecular complexity index is 435. The third-order valence-corrected chi connectivity index (χ3v) is 4.10. The Morgan fingerprint density at radius 2 is 2.15 bits per heavy atom. The van der Waals surface area contributed by atoms with E-state index in [2.05, 4.69) is 17.1 Å². The predicted octanol–water partition coefficient (Wildman–Crippen LogP) is 1.53. The molecule has 0 radical (unpaired) electrons. The maximum absolute atomic E-state index is 12.1. The van der Waals surface area contributed by atoms with Gasteiger partial charge in [-0.3, -0.25) is 9.69 Å². The first-order chi connectivity index (χ1) is 9.56. The zero-order chi connectivity index (χ0) is 14.5. The van der Waals surface area contributed by atoms with E-state index in [1.54, 1.807) is 0 Å². The van der Waals surface area contributed by atoms with Gasteiger partial charge in [-0.2, -0.15) is 0 Å². The molecule has 1 aromatic rings. The number of piperidine rings is 1. The molecule has 110 valence electrons. The number of likely N-dealkylation sites (tertiary alicyclic amines) is 1. The highest BCUT2D eigenvalue weighted by Gasteiger charge is 2.24. The van der Waals surface area contributed by atoms with E-state index in [0.717, 1.165) is 25.1 Å². The van der Waals surface area contributed by atoms with E-state index in [0.29, 0.717) is 12.5 Å². The number of rotatable bonds is 4. The summed E-state index contributed by atoms with van der Waals surface area (Å²) in [5.41, 5.74) is 7.13. The summed E-state index contributed by atoms with van der Waals surface area (Å²) in [7, 11) is 0. The lowest BCUT2D eigenvalue weighted by molar-refractivity contribution is -0.123. The fourth-order valence-corrected chi connectivity index (χ4v) is 2.71. The monoisotopic (exact) mass is 275 g/mol. The number of benzene rings is 1. The van der Waals surface area contributed by atoms with Crippen molar-refractivity contribution >= 4 is 5.91 Å². The lowest BCUT2D eigenvalue weighted by atomic mass is 9.95. The minimum absolute atomic E-state index is 0.0492. The summed E-state index contributed by atoms with van der Waals surface area (Å²) in [4.78, 5) is 14.3. The molecule has 4 nitrogen and oxygen atoms in total. The van der Waals surface area contributed by atoms with E-state index < -0.39 is 0 Å². The zero-order valence-electron chi connectivity index (χ0n) is 12.4. The molecule has 0 aromatic heterocycles. The molecule has 1 saturated heterocycles. The summed E-state index contributed by atoms with van der Waals surface area (Å²) in [6.07, 6.45) is 0.975. The van der Waals surface area contributed by atoms with Gasteiger partial charge in [0, 0.05) is 19.1 Å². The number of carbonyl (C=O) groups excluding carboxylic acids is 1. The summed E-state index contributed by atoms with van der Waals surface area (Å²) in [6.45, 7) is 6.46. The van der Waals surface area contributed by atoms with Crippen LogP contribution < -0.4 is 11.1 Å². The van der Waals surface area contributed by atoms with E-state index in [-0.39, 0.29) is 18.0 Å². The molecule has 1 aromatic carbocycles. The molecule has 1 fully saturated rings. The van der Waals surface area contributed by atoms with Gasteiger partial charge in [0.1, 0.15) is 0 Å². The second-order valence-electron chi connectivity index (χ2n) is 5.86. The average Bonchev–Trinajstić information content (AvgIpc) is 2.44. The van der Waals surface area contributed by atoms with Crippen LogP contribution in [0.5, 0.6) is 0 Å². The quantitative estimate of drug-likeness (QED) is 0.876. The molecule has 3 N–H and O–H groups in total. The molecule has 3 atom stereocenters. The highest BCUT2D eigenvalue weighted by molar-refractivity contribution is 5.78. The van der Waals surface area contributed by atoms with Crippen molar-refractivity contribution in [3.05, 3.63) is 35.9 Å². The number of carbonyl (C=O) groups is 1. The molecule has 4 heteroatoms.